The fraction of sp³-hybridized carbons (Fsp3) is 0.619. The molecule has 3 rings (SSSR count). The average molecular weight is 357 g/mol. The van der Waals surface area contributed by atoms with Gasteiger partial charge < -0.3 is 15.4 Å². The summed E-state index contributed by atoms with van der Waals surface area (Å²) in [6.07, 6.45) is 4.92. The maximum Gasteiger partial charge on any atom is 0.308 e. The van der Waals surface area contributed by atoms with E-state index in [1.54, 1.807) is 0 Å². The number of rotatable bonds is 6. The van der Waals surface area contributed by atoms with Crippen LogP contribution in [0.2, 0.25) is 0 Å². The molecular formula is C21H31N3O2. The van der Waals surface area contributed by atoms with Crippen molar-refractivity contribution in [2.75, 3.05) is 13.2 Å². The molecule has 2 aliphatic carbocycles. The van der Waals surface area contributed by atoms with Gasteiger partial charge in [0.05, 0.1) is 12.5 Å². The van der Waals surface area contributed by atoms with E-state index in [0.29, 0.717) is 24.6 Å². The first-order chi connectivity index (χ1) is 12.7. The van der Waals surface area contributed by atoms with Crippen molar-refractivity contribution >= 4 is 11.9 Å². The lowest BCUT2D eigenvalue weighted by atomic mass is 9.86. The van der Waals surface area contributed by atoms with Crippen LogP contribution in [-0.2, 0) is 9.53 Å². The van der Waals surface area contributed by atoms with Crippen molar-refractivity contribution in [3.05, 3.63) is 35.9 Å². The number of esters is 1. The summed E-state index contributed by atoms with van der Waals surface area (Å²) in [6, 6.07) is 11.5. The van der Waals surface area contributed by atoms with Gasteiger partial charge in [-0.25, -0.2) is 0 Å². The Bertz CT molecular complexity index is 609. The molecule has 0 saturated heterocycles. The van der Waals surface area contributed by atoms with Crippen molar-refractivity contribution < 1.29 is 9.53 Å². The van der Waals surface area contributed by atoms with Gasteiger partial charge >= 0.3 is 5.97 Å². The van der Waals surface area contributed by atoms with Gasteiger partial charge in [-0.3, -0.25) is 9.79 Å². The minimum atomic E-state index is -0.0322. The maximum atomic E-state index is 11.9. The number of guanidine groups is 1. The Morgan fingerprint density at radius 1 is 1.12 bits per heavy atom. The van der Waals surface area contributed by atoms with Crippen LogP contribution in [-0.4, -0.2) is 37.2 Å². The Balaban J connectivity index is 1.47. The Hall–Kier alpha value is -2.04. The van der Waals surface area contributed by atoms with Crippen LogP contribution in [0.5, 0.6) is 0 Å². The Kier molecular flexibility index (Phi) is 6.53. The third-order valence-corrected chi connectivity index (χ3v) is 5.34. The number of nitrogens with zero attached hydrogens (tertiary/aromatic N) is 1. The first kappa shape index (κ1) is 18.7. The predicted molar refractivity (Wildman–Crippen MR) is 104 cm³/mol. The highest BCUT2D eigenvalue weighted by Crippen LogP contribution is 2.40. The van der Waals surface area contributed by atoms with Crippen LogP contribution in [0.15, 0.2) is 35.3 Å². The average Bonchev–Trinajstić information content (AvgIpc) is 3.42. The van der Waals surface area contributed by atoms with E-state index in [-0.39, 0.29) is 11.9 Å². The minimum absolute atomic E-state index is 0.0322. The molecule has 2 saturated carbocycles. The zero-order chi connectivity index (χ0) is 18.4. The second kappa shape index (κ2) is 9.06. The van der Waals surface area contributed by atoms with E-state index in [4.69, 9.17) is 4.74 Å². The summed E-state index contributed by atoms with van der Waals surface area (Å²) in [5.74, 6) is 1.53. The van der Waals surface area contributed by atoms with Gasteiger partial charge in [-0.15, -0.1) is 0 Å². The first-order valence-corrected chi connectivity index (χ1v) is 10.00. The molecular weight excluding hydrogens is 326 g/mol. The van der Waals surface area contributed by atoms with Gasteiger partial charge in [0.1, 0.15) is 0 Å². The largest absolute Gasteiger partial charge is 0.466 e. The number of hydrogen-bond donors (Lipinski definition) is 2. The van der Waals surface area contributed by atoms with Crippen LogP contribution in [0.3, 0.4) is 0 Å². The maximum absolute atomic E-state index is 11.9. The number of aliphatic imine (C=N–C) groups is 1. The fourth-order valence-electron chi connectivity index (χ4n) is 3.82. The molecule has 0 amide bonds. The van der Waals surface area contributed by atoms with E-state index in [1.807, 2.05) is 6.92 Å². The Morgan fingerprint density at radius 3 is 2.50 bits per heavy atom. The predicted octanol–water partition coefficient (Wildman–Crippen LogP) is 3.22. The van der Waals surface area contributed by atoms with Gasteiger partial charge in [0.2, 0.25) is 0 Å². The number of hydrogen-bond acceptors (Lipinski definition) is 3. The number of nitrogens with one attached hydrogen (secondary N) is 2. The lowest BCUT2D eigenvalue weighted by Gasteiger charge is -2.29. The summed E-state index contributed by atoms with van der Waals surface area (Å²) >= 11 is 0. The molecule has 5 nitrogen and oxygen atoms in total. The summed E-state index contributed by atoms with van der Waals surface area (Å²) < 4.78 is 5.16. The Labute approximate surface area is 156 Å². The fourth-order valence-corrected chi connectivity index (χ4v) is 3.82. The highest BCUT2D eigenvalue weighted by atomic mass is 16.5. The van der Waals surface area contributed by atoms with Gasteiger partial charge in [-0.1, -0.05) is 30.3 Å². The molecule has 0 heterocycles. The molecule has 2 aliphatic rings. The van der Waals surface area contributed by atoms with Gasteiger partial charge in [0.15, 0.2) is 5.96 Å². The highest BCUT2D eigenvalue weighted by Gasteiger charge is 2.39. The highest BCUT2D eigenvalue weighted by molar-refractivity contribution is 5.81. The second-order valence-electron chi connectivity index (χ2n) is 7.27. The van der Waals surface area contributed by atoms with Crippen LogP contribution >= 0.6 is 0 Å². The second-order valence-corrected chi connectivity index (χ2v) is 7.27. The van der Waals surface area contributed by atoms with E-state index in [1.165, 1.54) is 5.56 Å². The summed E-state index contributed by atoms with van der Waals surface area (Å²) in [4.78, 5) is 16.5. The number of ether oxygens (including phenoxy) is 1. The summed E-state index contributed by atoms with van der Waals surface area (Å²) in [6.45, 7) is 5.15. The van der Waals surface area contributed by atoms with Gasteiger partial charge in [0, 0.05) is 24.5 Å². The molecule has 0 spiro atoms. The van der Waals surface area contributed by atoms with Crippen LogP contribution in [0, 0.1) is 5.92 Å². The van der Waals surface area contributed by atoms with E-state index >= 15 is 0 Å². The van der Waals surface area contributed by atoms with Crippen molar-refractivity contribution in [2.45, 2.75) is 64.0 Å². The standard InChI is InChI=1S/C21H31N3O2/c1-3-22-21(24-19-14-18(19)15-8-6-5-7-9-15)23-17-12-10-16(11-13-17)20(25)26-4-2/h5-9,16-19H,3-4,10-14H2,1-2H3,(H2,22,23,24). The zero-order valence-electron chi connectivity index (χ0n) is 15.9. The van der Waals surface area contributed by atoms with Gasteiger partial charge in [0.25, 0.3) is 0 Å². The zero-order valence-corrected chi connectivity index (χ0v) is 15.9. The van der Waals surface area contributed by atoms with Crippen molar-refractivity contribution in [3.8, 4) is 0 Å². The first-order valence-electron chi connectivity index (χ1n) is 10.00. The van der Waals surface area contributed by atoms with Crippen LogP contribution in [0.4, 0.5) is 0 Å². The van der Waals surface area contributed by atoms with Gasteiger partial charge in [-0.2, -0.15) is 0 Å². The monoisotopic (exact) mass is 357 g/mol. The van der Waals surface area contributed by atoms with Gasteiger partial charge in [-0.05, 0) is 51.5 Å². The third kappa shape index (κ3) is 4.99. The van der Waals surface area contributed by atoms with Crippen molar-refractivity contribution in [1.82, 2.24) is 10.6 Å². The topological polar surface area (TPSA) is 62.7 Å². The molecule has 0 aromatic heterocycles. The molecule has 26 heavy (non-hydrogen) atoms. The molecule has 0 radical (unpaired) electrons. The summed E-state index contributed by atoms with van der Waals surface area (Å²) in [7, 11) is 0. The van der Waals surface area contributed by atoms with E-state index < -0.39 is 0 Å². The molecule has 2 atom stereocenters. The molecule has 1 aromatic carbocycles. The summed E-state index contributed by atoms with van der Waals surface area (Å²) in [5.41, 5.74) is 1.40. The number of carbonyl (C=O) groups is 1. The molecule has 2 N–H and O–H groups in total. The SMILES string of the molecule is CCN=C(NC1CCC(C(=O)OCC)CC1)NC1CC1c1ccccc1. The number of benzene rings is 1. The molecule has 0 bridgehead atoms. The normalized spacial score (nSPS) is 28.3. The molecule has 0 aliphatic heterocycles. The van der Waals surface area contributed by atoms with E-state index in [2.05, 4.69) is 52.9 Å². The van der Waals surface area contributed by atoms with E-state index in [0.717, 1.165) is 44.6 Å². The van der Waals surface area contributed by atoms with Crippen molar-refractivity contribution in [1.29, 1.82) is 0 Å². The molecule has 2 fully saturated rings. The quantitative estimate of drug-likeness (QED) is 0.466. The number of carbonyl (C=O) groups excluding carboxylic acids is 1. The lowest BCUT2D eigenvalue weighted by molar-refractivity contribution is -0.149. The Morgan fingerprint density at radius 2 is 1.85 bits per heavy atom. The molecule has 1 aromatic rings. The smallest absolute Gasteiger partial charge is 0.308 e. The van der Waals surface area contributed by atoms with E-state index in [9.17, 15) is 4.79 Å². The van der Waals surface area contributed by atoms with Crippen molar-refractivity contribution in [2.24, 2.45) is 10.9 Å². The van der Waals surface area contributed by atoms with Crippen molar-refractivity contribution in [3.63, 3.8) is 0 Å². The lowest BCUT2D eigenvalue weighted by Crippen LogP contribution is -2.46. The summed E-state index contributed by atoms with van der Waals surface area (Å²) in [5, 5.41) is 7.17. The van der Waals surface area contributed by atoms with Crippen LogP contribution in [0.25, 0.3) is 0 Å². The minimum Gasteiger partial charge on any atom is -0.466 e. The van der Waals surface area contributed by atoms with Crippen LogP contribution in [0.1, 0.15) is 57.4 Å². The molecule has 142 valence electrons. The molecule has 5 heteroatoms. The molecule has 2 unspecified atom stereocenters. The third-order valence-electron chi connectivity index (χ3n) is 5.34. The van der Waals surface area contributed by atoms with Crippen LogP contribution < -0.4 is 10.6 Å².